The number of carbonyl (C=O) groups is 1. The Morgan fingerprint density at radius 1 is 1.33 bits per heavy atom. The number of rotatable bonds is 2. The molecular formula is C3H6O5P. The van der Waals surface area contributed by atoms with Crippen LogP contribution >= 0.6 is 9.90 Å². The van der Waals surface area contributed by atoms with E-state index in [2.05, 4.69) is 0 Å². The topological polar surface area (TPSA) is 98.0 Å². The minimum atomic E-state index is -3.08. The van der Waals surface area contributed by atoms with Crippen molar-refractivity contribution >= 4 is 15.9 Å². The van der Waals surface area contributed by atoms with Crippen LogP contribution in [0.15, 0.2) is 0 Å². The Morgan fingerprint density at radius 2 is 1.67 bits per heavy atom. The Labute approximate surface area is 54.6 Å². The minimum Gasteiger partial charge on any atom is -0.481 e. The molecule has 6 heteroatoms. The molecule has 4 N–H and O–H groups in total. The van der Waals surface area contributed by atoms with E-state index in [1.807, 2.05) is 0 Å². The van der Waals surface area contributed by atoms with E-state index in [9.17, 15) is 4.79 Å². The summed E-state index contributed by atoms with van der Waals surface area (Å²) in [5.74, 6) is -4.55. The van der Waals surface area contributed by atoms with Crippen LogP contribution in [0.2, 0.25) is 0 Å². The van der Waals surface area contributed by atoms with Gasteiger partial charge in [-0.15, -0.1) is 0 Å². The molecule has 0 heterocycles. The molecule has 0 aliphatic rings. The average Bonchev–Trinajstić information content (AvgIpc) is 1.21. The van der Waals surface area contributed by atoms with Crippen LogP contribution in [0.25, 0.3) is 0 Å². The molecule has 0 aliphatic heterocycles. The summed E-state index contributed by atoms with van der Waals surface area (Å²) in [6.45, 7) is 0. The van der Waals surface area contributed by atoms with Gasteiger partial charge in [-0.2, -0.15) is 0 Å². The molecule has 0 saturated carbocycles. The van der Waals surface area contributed by atoms with Crippen molar-refractivity contribution in [1.82, 2.24) is 0 Å². The molecule has 0 aromatic rings. The van der Waals surface area contributed by atoms with Gasteiger partial charge in [0.05, 0.1) is 0 Å². The first-order chi connectivity index (χ1) is 3.42. The van der Waals surface area contributed by atoms with Crippen molar-refractivity contribution in [2.75, 3.05) is 0 Å². The number of hydrogen-bond acceptors (Lipinski definition) is 4. The highest BCUT2D eigenvalue weighted by Crippen LogP contribution is 1.97. The van der Waals surface area contributed by atoms with Gasteiger partial charge in [-0.25, -0.2) is 0 Å². The minimum absolute atomic E-state index is 0. The smallest absolute Gasteiger partial charge is 0.311 e. The summed E-state index contributed by atoms with van der Waals surface area (Å²) in [5, 5.41) is 31.5. The molecule has 53 valence electrons. The Kier molecular flexibility index (Phi) is 4.80. The maximum Gasteiger partial charge on any atom is 0.311 e. The molecule has 0 saturated heterocycles. The molecule has 9 heavy (non-hydrogen) atoms. The lowest BCUT2D eigenvalue weighted by atomic mass is 10.4. The molecule has 0 aliphatic carbocycles. The average molecular weight is 153 g/mol. The number of carboxylic acids is 1. The van der Waals surface area contributed by atoms with Crippen molar-refractivity contribution in [3.63, 3.8) is 0 Å². The molecule has 0 bridgehead atoms. The summed E-state index contributed by atoms with van der Waals surface area (Å²) in [5.41, 5.74) is 0. The van der Waals surface area contributed by atoms with Crippen molar-refractivity contribution < 1.29 is 25.2 Å². The summed E-state index contributed by atoms with van der Waals surface area (Å²) >= 11 is 0. The molecular weight excluding hydrogens is 147 g/mol. The number of carboxylic acid groups (broad SMARTS) is 1. The molecule has 0 fully saturated rings. The van der Waals surface area contributed by atoms with E-state index in [0.717, 1.165) is 0 Å². The summed E-state index contributed by atoms with van der Waals surface area (Å²) in [4.78, 5) is 9.53. The summed E-state index contributed by atoms with van der Waals surface area (Å²) in [6.07, 6.45) is -1.09. The first-order valence-electron chi connectivity index (χ1n) is 1.81. The molecule has 5 nitrogen and oxygen atoms in total. The highest BCUT2D eigenvalue weighted by atomic mass is 31.0. The second-order valence-corrected chi connectivity index (χ2v) is 1.34. The van der Waals surface area contributed by atoms with E-state index in [-0.39, 0.29) is 9.90 Å². The Morgan fingerprint density at radius 3 is 1.67 bits per heavy atom. The fraction of sp³-hybridized carbons (Fsp3) is 0.667. The van der Waals surface area contributed by atoms with Crippen molar-refractivity contribution in [3.8, 4) is 0 Å². The normalized spacial score (nSPS) is 10.1. The van der Waals surface area contributed by atoms with Crippen LogP contribution in [-0.2, 0) is 4.79 Å². The fourth-order valence-electron chi connectivity index (χ4n) is 0.203. The Balaban J connectivity index is 0. The third kappa shape index (κ3) is 11.4. The zero-order valence-corrected chi connectivity index (χ0v) is 5.25. The molecule has 0 amide bonds. The van der Waals surface area contributed by atoms with Gasteiger partial charge in [0.2, 0.25) is 0 Å². The lowest BCUT2D eigenvalue weighted by Crippen LogP contribution is -2.30. The summed E-state index contributed by atoms with van der Waals surface area (Å²) < 4.78 is 0. The van der Waals surface area contributed by atoms with Gasteiger partial charge in [0.1, 0.15) is 6.42 Å². The largest absolute Gasteiger partial charge is 0.481 e. The Bertz CT molecular complexity index is 94.9. The third-order valence-corrected chi connectivity index (χ3v) is 0.388. The van der Waals surface area contributed by atoms with Crippen LogP contribution in [0.1, 0.15) is 6.42 Å². The number of aliphatic carboxylic acids is 1. The molecule has 0 unspecified atom stereocenters. The van der Waals surface area contributed by atoms with Crippen LogP contribution < -0.4 is 0 Å². The second-order valence-electron chi connectivity index (χ2n) is 1.34. The molecule has 0 atom stereocenters. The van der Waals surface area contributed by atoms with Crippen molar-refractivity contribution in [3.05, 3.63) is 0 Å². The van der Waals surface area contributed by atoms with Crippen LogP contribution in [0.5, 0.6) is 0 Å². The van der Waals surface area contributed by atoms with E-state index < -0.39 is 18.4 Å². The summed E-state index contributed by atoms with van der Waals surface area (Å²) in [7, 11) is 0. The van der Waals surface area contributed by atoms with Gasteiger partial charge in [0.15, 0.2) is 0 Å². The van der Waals surface area contributed by atoms with Crippen LogP contribution in [0, 0.1) is 0 Å². The van der Waals surface area contributed by atoms with E-state index in [4.69, 9.17) is 20.4 Å². The highest BCUT2D eigenvalue weighted by Gasteiger charge is 2.21. The monoisotopic (exact) mass is 153 g/mol. The van der Waals surface area contributed by atoms with E-state index in [1.165, 1.54) is 0 Å². The Hall–Kier alpha value is -0.220. The van der Waals surface area contributed by atoms with Crippen molar-refractivity contribution in [2.24, 2.45) is 0 Å². The van der Waals surface area contributed by atoms with Gasteiger partial charge >= 0.3 is 5.97 Å². The van der Waals surface area contributed by atoms with Gasteiger partial charge in [-0.1, -0.05) is 0 Å². The standard InChI is InChI=1S/C3H6O5.P/c4-2(5)1-3(6,7)8;/h6-8H,1H2,(H,4,5);. The van der Waals surface area contributed by atoms with Gasteiger partial charge in [0, 0.05) is 9.90 Å². The molecule has 0 aromatic heterocycles. The quantitative estimate of drug-likeness (QED) is 0.300. The van der Waals surface area contributed by atoms with E-state index in [1.54, 1.807) is 0 Å². The third-order valence-electron chi connectivity index (χ3n) is 0.388. The summed E-state index contributed by atoms with van der Waals surface area (Å²) in [6, 6.07) is 0. The van der Waals surface area contributed by atoms with Crippen molar-refractivity contribution in [1.29, 1.82) is 0 Å². The maximum absolute atomic E-state index is 9.53. The van der Waals surface area contributed by atoms with Crippen molar-refractivity contribution in [2.45, 2.75) is 12.4 Å². The zero-order chi connectivity index (χ0) is 6.78. The van der Waals surface area contributed by atoms with Crippen LogP contribution in [0.3, 0.4) is 0 Å². The molecule has 0 aromatic carbocycles. The molecule has 0 spiro atoms. The second kappa shape index (κ2) is 3.74. The lowest BCUT2D eigenvalue weighted by molar-refractivity contribution is -0.311. The zero-order valence-electron chi connectivity index (χ0n) is 4.35. The van der Waals surface area contributed by atoms with E-state index >= 15 is 0 Å². The van der Waals surface area contributed by atoms with Crippen LogP contribution in [-0.4, -0.2) is 32.4 Å². The SMILES string of the molecule is O=C(O)CC(O)(O)O.[P]. The fourth-order valence-corrected chi connectivity index (χ4v) is 0.203. The predicted molar refractivity (Wildman–Crippen MR) is 28.6 cm³/mol. The first kappa shape index (κ1) is 11.6. The van der Waals surface area contributed by atoms with Crippen LogP contribution in [0.4, 0.5) is 0 Å². The molecule has 3 radical (unpaired) electrons. The van der Waals surface area contributed by atoms with Gasteiger partial charge in [-0.05, 0) is 0 Å². The van der Waals surface area contributed by atoms with Gasteiger partial charge in [0.25, 0.3) is 5.97 Å². The lowest BCUT2D eigenvalue weighted by Gasteiger charge is -2.08. The number of hydrogen-bond donors (Lipinski definition) is 4. The first-order valence-corrected chi connectivity index (χ1v) is 1.81. The maximum atomic E-state index is 9.53. The van der Waals surface area contributed by atoms with Gasteiger partial charge < -0.3 is 20.4 Å². The van der Waals surface area contributed by atoms with E-state index in [0.29, 0.717) is 0 Å². The highest BCUT2D eigenvalue weighted by molar-refractivity contribution is 6.92. The predicted octanol–water partition coefficient (Wildman–Crippen LogP) is -1.05. The van der Waals surface area contributed by atoms with Gasteiger partial charge in [-0.3, -0.25) is 4.79 Å². The molecule has 0 rings (SSSR count). The number of aliphatic hydroxyl groups is 3.